The van der Waals surface area contributed by atoms with Gasteiger partial charge in [0.1, 0.15) is 0 Å². The molecule has 0 unspecified atom stereocenters. The lowest BCUT2D eigenvalue weighted by Crippen LogP contribution is -2.29. The summed E-state index contributed by atoms with van der Waals surface area (Å²) in [7, 11) is 0. The summed E-state index contributed by atoms with van der Waals surface area (Å²) in [5, 5.41) is 9.61. The first-order valence-corrected chi connectivity index (χ1v) is 4.79. The molecule has 0 aromatic rings. The normalized spacial score (nSPS) is 12.0. The van der Waals surface area contributed by atoms with Gasteiger partial charge in [-0.3, -0.25) is 0 Å². The first-order valence-electron chi connectivity index (χ1n) is 3.40. The highest BCUT2D eigenvalue weighted by Gasteiger charge is 2.20. The van der Waals surface area contributed by atoms with Gasteiger partial charge in [0.2, 0.25) is 0 Å². The second-order valence-corrected chi connectivity index (χ2v) is 3.23. The third-order valence-electron chi connectivity index (χ3n) is 1.73. The van der Waals surface area contributed by atoms with Crippen LogP contribution in [0.3, 0.4) is 0 Å². The van der Waals surface area contributed by atoms with E-state index in [1.165, 1.54) is 0 Å². The number of thioether (sulfide) groups is 1. The second kappa shape index (κ2) is 4.18. The largest absolute Gasteiger partial charge is 0.389 e. The Morgan fingerprint density at radius 3 is 1.89 bits per heavy atom. The maximum absolute atomic E-state index is 9.61. The zero-order valence-corrected chi connectivity index (χ0v) is 7.29. The van der Waals surface area contributed by atoms with Crippen LogP contribution in [0.15, 0.2) is 0 Å². The summed E-state index contributed by atoms with van der Waals surface area (Å²) in [5.74, 6) is 0.861. The van der Waals surface area contributed by atoms with Crippen LogP contribution in [0.2, 0.25) is 0 Å². The zero-order chi connectivity index (χ0) is 7.33. The van der Waals surface area contributed by atoms with Crippen LogP contribution in [0.25, 0.3) is 0 Å². The molecule has 56 valence electrons. The summed E-state index contributed by atoms with van der Waals surface area (Å²) in [6, 6.07) is 0. The molecule has 2 heteroatoms. The van der Waals surface area contributed by atoms with Crippen molar-refractivity contribution in [1.82, 2.24) is 0 Å². The van der Waals surface area contributed by atoms with Crippen LogP contribution < -0.4 is 0 Å². The van der Waals surface area contributed by atoms with Gasteiger partial charge in [0.25, 0.3) is 0 Å². The molecule has 1 N–H and O–H groups in total. The molecule has 0 aromatic carbocycles. The van der Waals surface area contributed by atoms with E-state index in [-0.39, 0.29) is 0 Å². The molecule has 0 saturated carbocycles. The van der Waals surface area contributed by atoms with Gasteiger partial charge in [-0.15, -0.1) is 0 Å². The molecule has 0 rings (SSSR count). The molecule has 0 spiro atoms. The van der Waals surface area contributed by atoms with E-state index in [0.717, 1.165) is 18.6 Å². The molecular formula is C7H16OS. The van der Waals surface area contributed by atoms with Gasteiger partial charge < -0.3 is 5.11 Å². The second-order valence-electron chi connectivity index (χ2n) is 2.36. The van der Waals surface area contributed by atoms with E-state index < -0.39 is 5.60 Å². The van der Waals surface area contributed by atoms with E-state index in [1.54, 1.807) is 11.8 Å². The molecule has 0 fully saturated rings. The Bertz CT molecular complexity index is 69.3. The highest BCUT2D eigenvalue weighted by molar-refractivity contribution is 7.98. The van der Waals surface area contributed by atoms with Crippen molar-refractivity contribution in [2.24, 2.45) is 0 Å². The molecule has 0 aliphatic rings. The zero-order valence-electron chi connectivity index (χ0n) is 6.48. The summed E-state index contributed by atoms with van der Waals surface area (Å²) >= 11 is 1.71. The Balaban J connectivity index is 3.62. The monoisotopic (exact) mass is 148 g/mol. The molecule has 0 saturated heterocycles. The molecule has 0 bridgehead atoms. The molecule has 9 heavy (non-hydrogen) atoms. The standard InChI is InChI=1S/C7H16OS/c1-4-7(8,5-2)6-9-3/h8H,4-6H2,1-3H3. The molecule has 0 radical (unpaired) electrons. The predicted octanol–water partition coefficient (Wildman–Crippen LogP) is 1.90. The average Bonchev–Trinajstić information content (AvgIpc) is 1.89. The van der Waals surface area contributed by atoms with Crippen molar-refractivity contribution in [3.63, 3.8) is 0 Å². The number of rotatable bonds is 4. The molecule has 0 aromatic heterocycles. The summed E-state index contributed by atoms with van der Waals surface area (Å²) in [6.07, 6.45) is 3.75. The predicted molar refractivity (Wildman–Crippen MR) is 43.9 cm³/mol. The van der Waals surface area contributed by atoms with E-state index in [9.17, 15) is 5.11 Å². The fourth-order valence-corrected chi connectivity index (χ4v) is 1.67. The van der Waals surface area contributed by atoms with Gasteiger partial charge in [-0.2, -0.15) is 11.8 Å². The quantitative estimate of drug-likeness (QED) is 0.657. The van der Waals surface area contributed by atoms with Crippen molar-refractivity contribution in [2.75, 3.05) is 12.0 Å². The van der Waals surface area contributed by atoms with Crippen molar-refractivity contribution in [2.45, 2.75) is 32.3 Å². The molecule has 0 heterocycles. The summed E-state index contributed by atoms with van der Waals surface area (Å²) in [4.78, 5) is 0. The minimum atomic E-state index is -0.403. The van der Waals surface area contributed by atoms with E-state index in [0.29, 0.717) is 0 Å². The van der Waals surface area contributed by atoms with Crippen LogP contribution >= 0.6 is 11.8 Å². The molecule has 0 atom stereocenters. The number of aliphatic hydroxyl groups is 1. The summed E-state index contributed by atoms with van der Waals surface area (Å²) < 4.78 is 0. The van der Waals surface area contributed by atoms with Crippen molar-refractivity contribution >= 4 is 11.8 Å². The minimum Gasteiger partial charge on any atom is -0.389 e. The van der Waals surface area contributed by atoms with Crippen molar-refractivity contribution in [3.05, 3.63) is 0 Å². The maximum atomic E-state index is 9.61. The van der Waals surface area contributed by atoms with Crippen molar-refractivity contribution in [3.8, 4) is 0 Å². The van der Waals surface area contributed by atoms with Gasteiger partial charge in [-0.1, -0.05) is 13.8 Å². The van der Waals surface area contributed by atoms with E-state index in [2.05, 4.69) is 0 Å². The van der Waals surface area contributed by atoms with Gasteiger partial charge in [-0.25, -0.2) is 0 Å². The topological polar surface area (TPSA) is 20.2 Å². The summed E-state index contributed by atoms with van der Waals surface area (Å²) in [5.41, 5.74) is -0.403. The lowest BCUT2D eigenvalue weighted by Gasteiger charge is -2.23. The number of hydrogen-bond donors (Lipinski definition) is 1. The van der Waals surface area contributed by atoms with E-state index >= 15 is 0 Å². The third-order valence-corrected chi connectivity index (χ3v) is 2.56. The van der Waals surface area contributed by atoms with Crippen LogP contribution in [0.1, 0.15) is 26.7 Å². The molecule has 0 amide bonds. The lowest BCUT2D eigenvalue weighted by molar-refractivity contribution is 0.0573. The van der Waals surface area contributed by atoms with Gasteiger partial charge >= 0.3 is 0 Å². The Morgan fingerprint density at radius 2 is 1.78 bits per heavy atom. The van der Waals surface area contributed by atoms with Gasteiger partial charge in [-0.05, 0) is 19.1 Å². The molecule has 0 aliphatic carbocycles. The van der Waals surface area contributed by atoms with Crippen molar-refractivity contribution in [1.29, 1.82) is 0 Å². The fourth-order valence-electron chi connectivity index (χ4n) is 0.723. The Labute approximate surface area is 61.8 Å². The lowest BCUT2D eigenvalue weighted by atomic mass is 10.0. The fraction of sp³-hybridized carbons (Fsp3) is 1.00. The minimum absolute atomic E-state index is 0.403. The molecule has 0 aliphatic heterocycles. The van der Waals surface area contributed by atoms with E-state index in [4.69, 9.17) is 0 Å². The van der Waals surface area contributed by atoms with Gasteiger partial charge in [0.05, 0.1) is 5.60 Å². The van der Waals surface area contributed by atoms with Gasteiger partial charge in [0, 0.05) is 5.75 Å². The SMILES string of the molecule is CCC(O)(CC)CSC. The first-order chi connectivity index (χ1) is 4.18. The van der Waals surface area contributed by atoms with Crippen LogP contribution in [-0.4, -0.2) is 22.7 Å². The maximum Gasteiger partial charge on any atom is 0.0732 e. The van der Waals surface area contributed by atoms with Crippen LogP contribution in [0.5, 0.6) is 0 Å². The average molecular weight is 148 g/mol. The Morgan fingerprint density at radius 1 is 1.33 bits per heavy atom. The number of hydrogen-bond acceptors (Lipinski definition) is 2. The highest BCUT2D eigenvalue weighted by Crippen LogP contribution is 2.18. The van der Waals surface area contributed by atoms with Crippen molar-refractivity contribution < 1.29 is 5.11 Å². The van der Waals surface area contributed by atoms with Gasteiger partial charge in [0.15, 0.2) is 0 Å². The van der Waals surface area contributed by atoms with Crippen LogP contribution in [0.4, 0.5) is 0 Å². The van der Waals surface area contributed by atoms with Crippen LogP contribution in [0, 0.1) is 0 Å². The molecule has 1 nitrogen and oxygen atoms in total. The first kappa shape index (κ1) is 9.31. The highest BCUT2D eigenvalue weighted by atomic mass is 32.2. The Hall–Kier alpha value is 0.310. The summed E-state index contributed by atoms with van der Waals surface area (Å²) in [6.45, 7) is 4.06. The van der Waals surface area contributed by atoms with Crippen LogP contribution in [-0.2, 0) is 0 Å². The smallest absolute Gasteiger partial charge is 0.0732 e. The Kier molecular flexibility index (Phi) is 4.32. The van der Waals surface area contributed by atoms with E-state index in [1.807, 2.05) is 20.1 Å². The third kappa shape index (κ3) is 3.11. The molecular weight excluding hydrogens is 132 g/mol.